The zero-order chi connectivity index (χ0) is 20.0. The molecule has 8 heteroatoms. The fourth-order valence-corrected chi connectivity index (χ4v) is 2.39. The molecule has 0 aliphatic heterocycles. The van der Waals surface area contributed by atoms with Gasteiger partial charge in [-0.05, 0) is 50.6 Å². The van der Waals surface area contributed by atoms with Crippen molar-refractivity contribution in [2.24, 2.45) is 0 Å². The number of ether oxygens (including phenoxy) is 3. The third-order valence-electron chi connectivity index (χ3n) is 3.84. The van der Waals surface area contributed by atoms with Crippen LogP contribution in [0.2, 0.25) is 0 Å². The van der Waals surface area contributed by atoms with Gasteiger partial charge < -0.3 is 14.2 Å². The Kier molecular flexibility index (Phi) is 5.88. The third-order valence-corrected chi connectivity index (χ3v) is 3.84. The Balaban J connectivity index is 1.61. The van der Waals surface area contributed by atoms with Crippen LogP contribution < -0.4 is 9.47 Å². The normalized spacial score (nSPS) is 11.1. The number of carbonyl (C=O) groups is 1. The first-order chi connectivity index (χ1) is 13.5. The lowest BCUT2D eigenvalue weighted by Gasteiger charge is -2.23. The van der Waals surface area contributed by atoms with Gasteiger partial charge in [-0.3, -0.25) is 10.1 Å². The molecule has 0 amide bonds. The molecule has 8 nitrogen and oxygen atoms in total. The highest BCUT2D eigenvalue weighted by atomic mass is 16.6. The summed E-state index contributed by atoms with van der Waals surface area (Å²) >= 11 is 0. The van der Waals surface area contributed by atoms with E-state index < -0.39 is 11.6 Å². The molecule has 0 unspecified atom stereocenters. The van der Waals surface area contributed by atoms with Crippen molar-refractivity contribution in [2.75, 3.05) is 6.61 Å². The van der Waals surface area contributed by atoms with E-state index >= 15 is 0 Å². The van der Waals surface area contributed by atoms with Crippen molar-refractivity contribution in [2.45, 2.75) is 33.0 Å². The molecule has 3 aromatic rings. The first-order valence-electron chi connectivity index (χ1n) is 8.87. The van der Waals surface area contributed by atoms with Crippen LogP contribution in [-0.2, 0) is 16.1 Å². The Hall–Kier alpha value is -3.42. The molecule has 3 rings (SSSR count). The summed E-state index contributed by atoms with van der Waals surface area (Å²) in [6.07, 6.45) is 4.93. The van der Waals surface area contributed by atoms with Crippen molar-refractivity contribution in [1.29, 1.82) is 0 Å². The molecule has 0 saturated carbocycles. The van der Waals surface area contributed by atoms with Crippen LogP contribution in [0.15, 0.2) is 48.9 Å². The van der Waals surface area contributed by atoms with Crippen LogP contribution in [0.25, 0.3) is 11.4 Å². The summed E-state index contributed by atoms with van der Waals surface area (Å²) in [5.74, 6) is 0.517. The molecule has 0 fully saturated rings. The highest BCUT2D eigenvalue weighted by molar-refractivity contribution is 5.78. The molecule has 0 aliphatic rings. The highest BCUT2D eigenvalue weighted by Crippen LogP contribution is 2.21. The zero-order valence-corrected chi connectivity index (χ0v) is 16.0. The number of esters is 1. The maximum atomic E-state index is 12.0. The van der Waals surface area contributed by atoms with Gasteiger partial charge in [0.25, 0.3) is 0 Å². The smallest absolute Gasteiger partial charge is 0.349 e. The molecule has 0 atom stereocenters. The minimum atomic E-state index is -1.13. The molecule has 0 radical (unpaired) electrons. The van der Waals surface area contributed by atoms with Crippen molar-refractivity contribution in [3.05, 3.63) is 54.5 Å². The third kappa shape index (κ3) is 4.85. The van der Waals surface area contributed by atoms with Crippen LogP contribution in [0.3, 0.4) is 0 Å². The van der Waals surface area contributed by atoms with Crippen LogP contribution in [0.1, 0.15) is 26.3 Å². The Labute approximate surface area is 162 Å². The molecule has 0 bridgehead atoms. The number of hydrogen-bond acceptors (Lipinski definition) is 7. The van der Waals surface area contributed by atoms with Gasteiger partial charge in [-0.2, -0.15) is 5.10 Å². The largest absolute Gasteiger partial charge is 0.487 e. The maximum Gasteiger partial charge on any atom is 0.349 e. The van der Waals surface area contributed by atoms with Gasteiger partial charge in [0.05, 0.1) is 24.2 Å². The van der Waals surface area contributed by atoms with Gasteiger partial charge in [-0.1, -0.05) is 0 Å². The van der Waals surface area contributed by atoms with E-state index in [1.165, 1.54) is 0 Å². The lowest BCUT2D eigenvalue weighted by atomic mass is 10.1. The minimum absolute atomic E-state index is 0.292. The molecule has 146 valence electrons. The number of rotatable bonds is 8. The van der Waals surface area contributed by atoms with E-state index in [2.05, 4.69) is 20.2 Å². The standard InChI is InChI=1S/C20H22N4O4/c1-4-26-19(25)20(2,3)28-18-11-14(7-9-21-18)13-27-15-5-6-16(22-12-15)17-8-10-23-24-17/h5-12H,4,13H2,1-3H3,(H,23,24). The van der Waals surface area contributed by atoms with E-state index in [9.17, 15) is 4.79 Å². The monoisotopic (exact) mass is 382 g/mol. The van der Waals surface area contributed by atoms with Crippen LogP contribution >= 0.6 is 0 Å². The lowest BCUT2D eigenvalue weighted by Crippen LogP contribution is -2.40. The van der Waals surface area contributed by atoms with E-state index in [4.69, 9.17) is 14.2 Å². The molecular weight excluding hydrogens is 360 g/mol. The summed E-state index contributed by atoms with van der Waals surface area (Å²) < 4.78 is 16.5. The topological polar surface area (TPSA) is 99.2 Å². The Morgan fingerprint density at radius 2 is 2.00 bits per heavy atom. The predicted octanol–water partition coefficient (Wildman–Crippen LogP) is 3.17. The molecule has 28 heavy (non-hydrogen) atoms. The fraction of sp³-hybridized carbons (Fsp3) is 0.300. The summed E-state index contributed by atoms with van der Waals surface area (Å²) in [5, 5.41) is 6.77. The van der Waals surface area contributed by atoms with E-state index in [-0.39, 0.29) is 0 Å². The number of aromatic nitrogens is 4. The number of hydrogen-bond donors (Lipinski definition) is 1. The average molecular weight is 382 g/mol. The molecule has 0 aromatic carbocycles. The number of aromatic amines is 1. The van der Waals surface area contributed by atoms with Crippen LogP contribution in [0, 0.1) is 0 Å². The van der Waals surface area contributed by atoms with Crippen LogP contribution in [0.4, 0.5) is 0 Å². The zero-order valence-electron chi connectivity index (χ0n) is 16.0. The van der Waals surface area contributed by atoms with Crippen molar-refractivity contribution in [1.82, 2.24) is 20.2 Å². The van der Waals surface area contributed by atoms with Gasteiger partial charge in [0, 0.05) is 18.5 Å². The van der Waals surface area contributed by atoms with Gasteiger partial charge >= 0.3 is 5.97 Å². The second-order valence-electron chi connectivity index (χ2n) is 6.47. The number of nitrogens with one attached hydrogen (secondary N) is 1. The highest BCUT2D eigenvalue weighted by Gasteiger charge is 2.32. The molecular formula is C20H22N4O4. The molecule has 0 saturated heterocycles. The number of carbonyl (C=O) groups excluding carboxylic acids is 1. The first-order valence-corrected chi connectivity index (χ1v) is 8.87. The quantitative estimate of drug-likeness (QED) is 0.597. The Bertz CT molecular complexity index is 908. The minimum Gasteiger partial charge on any atom is -0.487 e. The number of pyridine rings is 2. The Morgan fingerprint density at radius 3 is 2.68 bits per heavy atom. The van der Waals surface area contributed by atoms with Crippen molar-refractivity contribution >= 4 is 5.97 Å². The van der Waals surface area contributed by atoms with E-state index in [0.717, 1.165) is 17.0 Å². The van der Waals surface area contributed by atoms with Crippen molar-refractivity contribution in [3.63, 3.8) is 0 Å². The van der Waals surface area contributed by atoms with Crippen LogP contribution in [0.5, 0.6) is 11.6 Å². The lowest BCUT2D eigenvalue weighted by molar-refractivity contribution is -0.158. The summed E-state index contributed by atoms with van der Waals surface area (Å²) in [7, 11) is 0. The molecule has 3 heterocycles. The van der Waals surface area contributed by atoms with Crippen LogP contribution in [-0.4, -0.2) is 38.3 Å². The Morgan fingerprint density at radius 1 is 1.14 bits per heavy atom. The van der Waals surface area contributed by atoms with Gasteiger partial charge in [0.1, 0.15) is 12.4 Å². The summed E-state index contributed by atoms with van der Waals surface area (Å²) in [4.78, 5) is 20.5. The first kappa shape index (κ1) is 19.3. The van der Waals surface area contributed by atoms with Gasteiger partial charge in [0.2, 0.25) is 11.5 Å². The van der Waals surface area contributed by atoms with Gasteiger partial charge in [-0.25, -0.2) is 9.78 Å². The van der Waals surface area contributed by atoms with E-state index in [1.54, 1.807) is 45.4 Å². The summed E-state index contributed by atoms with van der Waals surface area (Å²) in [6, 6.07) is 9.08. The molecule has 0 aliphatic carbocycles. The average Bonchev–Trinajstić information content (AvgIpc) is 3.22. The number of H-pyrrole nitrogens is 1. The number of nitrogens with zero attached hydrogens (tertiary/aromatic N) is 3. The van der Waals surface area contributed by atoms with Crippen molar-refractivity contribution in [3.8, 4) is 23.0 Å². The van der Waals surface area contributed by atoms with Crippen molar-refractivity contribution < 1.29 is 19.0 Å². The molecule has 1 N–H and O–H groups in total. The molecule has 0 spiro atoms. The van der Waals surface area contributed by atoms with Gasteiger partial charge in [0.15, 0.2) is 0 Å². The summed E-state index contributed by atoms with van der Waals surface area (Å²) in [5.41, 5.74) is 1.34. The van der Waals surface area contributed by atoms with Gasteiger partial charge in [-0.15, -0.1) is 0 Å². The van der Waals surface area contributed by atoms with E-state index in [1.807, 2.05) is 24.3 Å². The summed E-state index contributed by atoms with van der Waals surface area (Å²) in [6.45, 7) is 5.63. The fourth-order valence-electron chi connectivity index (χ4n) is 2.39. The second kappa shape index (κ2) is 8.51. The van der Waals surface area contributed by atoms with E-state index in [0.29, 0.717) is 24.8 Å². The predicted molar refractivity (Wildman–Crippen MR) is 102 cm³/mol. The second-order valence-corrected chi connectivity index (χ2v) is 6.47. The SMILES string of the molecule is CCOC(=O)C(C)(C)Oc1cc(COc2ccc(-c3ccn[nH]3)nc2)ccn1. The molecule has 3 aromatic heterocycles. The maximum absolute atomic E-state index is 12.0.